The fraction of sp³-hybridized carbons (Fsp3) is 0.125. The lowest BCUT2D eigenvalue weighted by Gasteiger charge is -2.15. The fourth-order valence-electron chi connectivity index (χ4n) is 2.06. The number of carbonyl (C=O) groups excluding carboxylic acids is 2. The molecule has 0 aliphatic carbocycles. The molecule has 0 aromatic heterocycles. The highest BCUT2D eigenvalue weighted by molar-refractivity contribution is 6.30. The van der Waals surface area contributed by atoms with Gasteiger partial charge < -0.3 is 11.1 Å². The van der Waals surface area contributed by atoms with Gasteiger partial charge >= 0.3 is 0 Å². The maximum atomic E-state index is 12.2. The number of hydrogen-bond acceptors (Lipinski definition) is 4. The van der Waals surface area contributed by atoms with Crippen LogP contribution in [0, 0.1) is 10.1 Å². The van der Waals surface area contributed by atoms with Crippen LogP contribution in [0.15, 0.2) is 48.5 Å². The molecule has 0 radical (unpaired) electrons. The summed E-state index contributed by atoms with van der Waals surface area (Å²) >= 11 is 5.76. The molecule has 0 saturated carbocycles. The number of halogens is 1. The van der Waals surface area contributed by atoms with Crippen molar-refractivity contribution in [2.24, 2.45) is 5.73 Å². The van der Waals surface area contributed by atoms with E-state index in [-0.39, 0.29) is 12.1 Å². The van der Waals surface area contributed by atoms with E-state index in [4.69, 9.17) is 17.3 Å². The predicted octanol–water partition coefficient (Wildman–Crippen LogP) is 2.07. The Hall–Kier alpha value is -2.93. The Morgan fingerprint density at radius 3 is 2.21 bits per heavy atom. The SMILES string of the molecule is NC(=O)[C@@H](Cc1ccc([N+](=O)[O-])cc1)NC(=O)c1ccc(Cl)cc1. The van der Waals surface area contributed by atoms with Crippen LogP contribution < -0.4 is 11.1 Å². The first-order valence-corrected chi connectivity index (χ1v) is 7.33. The van der Waals surface area contributed by atoms with Gasteiger partial charge in [0.05, 0.1) is 4.92 Å². The summed E-state index contributed by atoms with van der Waals surface area (Å²) in [4.78, 5) is 33.8. The van der Waals surface area contributed by atoms with Gasteiger partial charge in [0.1, 0.15) is 6.04 Å². The minimum atomic E-state index is -0.936. The first-order chi connectivity index (χ1) is 11.4. The van der Waals surface area contributed by atoms with Gasteiger partial charge in [-0.25, -0.2) is 0 Å². The van der Waals surface area contributed by atoms with E-state index < -0.39 is 22.8 Å². The molecule has 0 aliphatic heterocycles. The maximum absolute atomic E-state index is 12.2. The summed E-state index contributed by atoms with van der Waals surface area (Å²) in [6, 6.07) is 10.9. The van der Waals surface area contributed by atoms with E-state index in [1.165, 1.54) is 36.4 Å². The van der Waals surface area contributed by atoms with Crippen molar-refractivity contribution in [2.75, 3.05) is 0 Å². The van der Waals surface area contributed by atoms with Crippen LogP contribution in [0.2, 0.25) is 5.02 Å². The van der Waals surface area contributed by atoms with Crippen LogP contribution in [0.4, 0.5) is 5.69 Å². The quantitative estimate of drug-likeness (QED) is 0.614. The third-order valence-corrected chi connectivity index (χ3v) is 3.59. The lowest BCUT2D eigenvalue weighted by Crippen LogP contribution is -2.45. The molecule has 2 rings (SSSR count). The Labute approximate surface area is 142 Å². The van der Waals surface area contributed by atoms with Crippen LogP contribution in [0.5, 0.6) is 0 Å². The molecule has 0 spiro atoms. The predicted molar refractivity (Wildman–Crippen MR) is 88.7 cm³/mol. The molecular weight excluding hydrogens is 334 g/mol. The molecule has 0 aliphatic rings. The number of nitrogens with two attached hydrogens (primary N) is 1. The Kier molecular flexibility index (Phi) is 5.49. The van der Waals surface area contributed by atoms with E-state index in [0.29, 0.717) is 16.1 Å². The Bertz CT molecular complexity index is 760. The number of nitrogens with one attached hydrogen (secondary N) is 1. The topological polar surface area (TPSA) is 115 Å². The molecular formula is C16H14ClN3O4. The van der Waals surface area contributed by atoms with Gasteiger partial charge in [-0.2, -0.15) is 0 Å². The monoisotopic (exact) mass is 347 g/mol. The number of amides is 2. The zero-order chi connectivity index (χ0) is 17.7. The second kappa shape index (κ2) is 7.56. The summed E-state index contributed by atoms with van der Waals surface area (Å²) < 4.78 is 0. The number of nitro benzene ring substituents is 1. The van der Waals surface area contributed by atoms with Crippen molar-refractivity contribution >= 4 is 29.1 Å². The third kappa shape index (κ3) is 4.53. The van der Waals surface area contributed by atoms with E-state index in [2.05, 4.69) is 5.32 Å². The minimum Gasteiger partial charge on any atom is -0.368 e. The number of hydrogen-bond donors (Lipinski definition) is 2. The molecule has 1 atom stereocenters. The van der Waals surface area contributed by atoms with Crippen LogP contribution in [0.1, 0.15) is 15.9 Å². The van der Waals surface area contributed by atoms with Crippen LogP contribution in [-0.4, -0.2) is 22.8 Å². The van der Waals surface area contributed by atoms with Crippen molar-refractivity contribution in [1.82, 2.24) is 5.32 Å². The summed E-state index contributed by atoms with van der Waals surface area (Å²) in [7, 11) is 0. The molecule has 0 unspecified atom stereocenters. The van der Waals surface area contributed by atoms with Crippen molar-refractivity contribution in [3.63, 3.8) is 0 Å². The summed E-state index contributed by atoms with van der Waals surface area (Å²) in [5, 5.41) is 13.7. The van der Waals surface area contributed by atoms with Crippen LogP contribution in [-0.2, 0) is 11.2 Å². The molecule has 7 nitrogen and oxygen atoms in total. The molecule has 8 heteroatoms. The molecule has 2 amide bonds. The zero-order valence-electron chi connectivity index (χ0n) is 12.4. The highest BCUT2D eigenvalue weighted by Gasteiger charge is 2.20. The molecule has 0 fully saturated rings. The highest BCUT2D eigenvalue weighted by Crippen LogP contribution is 2.14. The van der Waals surface area contributed by atoms with Gasteiger partial charge in [-0.15, -0.1) is 0 Å². The molecule has 0 bridgehead atoms. The summed E-state index contributed by atoms with van der Waals surface area (Å²) in [6.07, 6.45) is 0.132. The fourth-order valence-corrected chi connectivity index (χ4v) is 2.18. The minimum absolute atomic E-state index is 0.0559. The number of benzene rings is 2. The second-order valence-electron chi connectivity index (χ2n) is 5.06. The van der Waals surface area contributed by atoms with Crippen molar-refractivity contribution in [3.8, 4) is 0 Å². The zero-order valence-corrected chi connectivity index (χ0v) is 13.2. The summed E-state index contributed by atoms with van der Waals surface area (Å²) in [6.45, 7) is 0. The van der Waals surface area contributed by atoms with E-state index >= 15 is 0 Å². The molecule has 3 N–H and O–H groups in total. The van der Waals surface area contributed by atoms with Gasteiger partial charge in [-0.1, -0.05) is 23.7 Å². The van der Waals surface area contributed by atoms with E-state index in [1.807, 2.05) is 0 Å². The normalized spacial score (nSPS) is 11.5. The number of carbonyl (C=O) groups is 2. The van der Waals surface area contributed by atoms with E-state index in [0.717, 1.165) is 0 Å². The Morgan fingerprint density at radius 1 is 1.12 bits per heavy atom. The Balaban J connectivity index is 2.09. The average Bonchev–Trinajstić information content (AvgIpc) is 2.55. The third-order valence-electron chi connectivity index (χ3n) is 3.34. The van der Waals surface area contributed by atoms with Gasteiger partial charge in [0.25, 0.3) is 11.6 Å². The van der Waals surface area contributed by atoms with Crippen LogP contribution in [0.25, 0.3) is 0 Å². The standard InChI is InChI=1S/C16H14ClN3O4/c17-12-5-3-11(4-6-12)16(22)19-14(15(18)21)9-10-1-7-13(8-2-10)20(23)24/h1-8,14H,9H2,(H2,18,21)(H,19,22)/t14-/m1/s1. The van der Waals surface area contributed by atoms with Crippen molar-refractivity contribution in [1.29, 1.82) is 0 Å². The molecule has 124 valence electrons. The number of primary amides is 1. The number of non-ortho nitro benzene ring substituents is 1. The lowest BCUT2D eigenvalue weighted by molar-refractivity contribution is -0.384. The van der Waals surface area contributed by atoms with E-state index in [1.54, 1.807) is 12.1 Å². The van der Waals surface area contributed by atoms with Crippen LogP contribution >= 0.6 is 11.6 Å². The number of rotatable bonds is 6. The smallest absolute Gasteiger partial charge is 0.269 e. The van der Waals surface area contributed by atoms with Crippen molar-refractivity contribution in [3.05, 3.63) is 74.8 Å². The van der Waals surface area contributed by atoms with Gasteiger partial charge in [0.15, 0.2) is 0 Å². The largest absolute Gasteiger partial charge is 0.368 e. The van der Waals surface area contributed by atoms with Gasteiger partial charge in [-0.3, -0.25) is 19.7 Å². The first-order valence-electron chi connectivity index (χ1n) is 6.96. The molecule has 0 saturated heterocycles. The average molecular weight is 348 g/mol. The van der Waals surface area contributed by atoms with Crippen molar-refractivity contribution in [2.45, 2.75) is 12.5 Å². The molecule has 2 aromatic rings. The lowest BCUT2D eigenvalue weighted by atomic mass is 10.0. The number of nitrogens with zero attached hydrogens (tertiary/aromatic N) is 1. The molecule has 2 aromatic carbocycles. The van der Waals surface area contributed by atoms with Gasteiger partial charge in [-0.05, 0) is 29.8 Å². The van der Waals surface area contributed by atoms with Gasteiger partial charge in [0.2, 0.25) is 5.91 Å². The summed E-state index contributed by atoms with van der Waals surface area (Å²) in [5.74, 6) is -1.16. The van der Waals surface area contributed by atoms with Crippen LogP contribution in [0.3, 0.4) is 0 Å². The molecule has 24 heavy (non-hydrogen) atoms. The Morgan fingerprint density at radius 2 is 1.71 bits per heavy atom. The maximum Gasteiger partial charge on any atom is 0.269 e. The first kappa shape index (κ1) is 17.4. The van der Waals surface area contributed by atoms with E-state index in [9.17, 15) is 19.7 Å². The number of nitro groups is 1. The highest BCUT2D eigenvalue weighted by atomic mass is 35.5. The summed E-state index contributed by atoms with van der Waals surface area (Å²) in [5.41, 5.74) is 6.26. The van der Waals surface area contributed by atoms with Gasteiger partial charge in [0, 0.05) is 29.1 Å². The molecule has 0 heterocycles. The second-order valence-corrected chi connectivity index (χ2v) is 5.50. The van der Waals surface area contributed by atoms with Crippen molar-refractivity contribution < 1.29 is 14.5 Å².